The highest BCUT2D eigenvalue weighted by molar-refractivity contribution is 5.11. The van der Waals surface area contributed by atoms with E-state index in [4.69, 9.17) is 0 Å². The molecule has 0 spiro atoms. The number of nitrogens with zero attached hydrogens (tertiary/aromatic N) is 2. The molecule has 17 heavy (non-hydrogen) atoms. The number of allylic oxidation sites excluding steroid dienone is 2. The average Bonchev–Trinajstić information content (AvgIpc) is 2.76. The first kappa shape index (κ1) is 12.7. The molecule has 2 fully saturated rings. The SMILES string of the molecule is CNC/C(C)=C\C=C\N1CCN2CCCC2C1. The van der Waals surface area contributed by atoms with Gasteiger partial charge < -0.3 is 10.2 Å². The summed E-state index contributed by atoms with van der Waals surface area (Å²) in [5.74, 6) is 0. The van der Waals surface area contributed by atoms with E-state index in [9.17, 15) is 0 Å². The van der Waals surface area contributed by atoms with Crippen molar-refractivity contribution in [3.8, 4) is 0 Å². The van der Waals surface area contributed by atoms with Crippen LogP contribution in [0.15, 0.2) is 23.9 Å². The number of nitrogens with one attached hydrogen (secondary N) is 1. The van der Waals surface area contributed by atoms with E-state index < -0.39 is 0 Å². The third-order valence-corrected chi connectivity index (χ3v) is 3.75. The van der Waals surface area contributed by atoms with Gasteiger partial charge >= 0.3 is 0 Å². The van der Waals surface area contributed by atoms with E-state index >= 15 is 0 Å². The van der Waals surface area contributed by atoms with Crippen LogP contribution in [0.2, 0.25) is 0 Å². The number of piperazine rings is 1. The Hall–Kier alpha value is -0.800. The molecule has 1 atom stereocenters. The normalized spacial score (nSPS) is 26.8. The summed E-state index contributed by atoms with van der Waals surface area (Å²) >= 11 is 0. The molecule has 0 amide bonds. The van der Waals surface area contributed by atoms with Crippen molar-refractivity contribution in [2.45, 2.75) is 25.8 Å². The maximum atomic E-state index is 3.16. The van der Waals surface area contributed by atoms with Gasteiger partial charge in [-0.2, -0.15) is 0 Å². The predicted molar refractivity (Wildman–Crippen MR) is 73.0 cm³/mol. The second-order valence-electron chi connectivity index (χ2n) is 5.21. The molecule has 2 aliphatic heterocycles. The summed E-state index contributed by atoms with van der Waals surface area (Å²) in [6, 6.07) is 0.816. The third-order valence-electron chi connectivity index (χ3n) is 3.75. The molecule has 2 saturated heterocycles. The van der Waals surface area contributed by atoms with E-state index in [-0.39, 0.29) is 0 Å². The van der Waals surface area contributed by atoms with Crippen molar-refractivity contribution in [2.75, 3.05) is 39.8 Å². The van der Waals surface area contributed by atoms with Gasteiger partial charge in [0.25, 0.3) is 0 Å². The summed E-state index contributed by atoms with van der Waals surface area (Å²) in [5, 5.41) is 3.16. The highest BCUT2D eigenvalue weighted by atomic mass is 15.3. The van der Waals surface area contributed by atoms with Crippen LogP contribution in [-0.4, -0.2) is 55.6 Å². The van der Waals surface area contributed by atoms with Gasteiger partial charge in [0, 0.05) is 32.2 Å². The zero-order chi connectivity index (χ0) is 12.1. The first-order chi connectivity index (χ1) is 8.29. The molecular formula is C14H25N3. The molecule has 2 rings (SSSR count). The summed E-state index contributed by atoms with van der Waals surface area (Å²) in [5.41, 5.74) is 1.38. The standard InChI is InChI=1S/C14H25N3/c1-13(11-15-2)5-3-7-16-9-10-17-8-4-6-14(17)12-16/h3,5,7,14-15H,4,6,8-12H2,1-2H3/b7-3+,13-5-. The minimum Gasteiger partial charge on any atom is -0.375 e. The van der Waals surface area contributed by atoms with Crippen molar-refractivity contribution in [1.82, 2.24) is 15.1 Å². The van der Waals surface area contributed by atoms with E-state index in [2.05, 4.69) is 40.4 Å². The molecule has 3 heteroatoms. The quantitative estimate of drug-likeness (QED) is 0.744. The van der Waals surface area contributed by atoms with E-state index in [1.54, 1.807) is 0 Å². The third kappa shape index (κ3) is 3.58. The maximum absolute atomic E-state index is 3.16. The molecular weight excluding hydrogens is 210 g/mol. The molecule has 96 valence electrons. The Morgan fingerprint density at radius 1 is 1.35 bits per heavy atom. The lowest BCUT2D eigenvalue weighted by molar-refractivity contribution is 0.138. The second-order valence-corrected chi connectivity index (χ2v) is 5.21. The topological polar surface area (TPSA) is 18.5 Å². The molecule has 0 saturated carbocycles. The number of fused-ring (bicyclic) bond motifs is 1. The number of rotatable bonds is 4. The molecule has 0 aliphatic carbocycles. The minimum atomic E-state index is 0.816. The highest BCUT2D eigenvalue weighted by Crippen LogP contribution is 2.21. The van der Waals surface area contributed by atoms with Crippen LogP contribution in [0.4, 0.5) is 0 Å². The number of hydrogen-bond donors (Lipinski definition) is 1. The van der Waals surface area contributed by atoms with E-state index in [1.165, 1.54) is 44.6 Å². The van der Waals surface area contributed by atoms with E-state index in [1.807, 2.05) is 7.05 Å². The maximum Gasteiger partial charge on any atom is 0.0329 e. The van der Waals surface area contributed by atoms with Crippen molar-refractivity contribution < 1.29 is 0 Å². The van der Waals surface area contributed by atoms with Crippen LogP contribution in [0.3, 0.4) is 0 Å². The lowest BCUT2D eigenvalue weighted by atomic mass is 10.1. The monoisotopic (exact) mass is 235 g/mol. The molecule has 0 aromatic heterocycles. The van der Waals surface area contributed by atoms with Crippen LogP contribution in [0.25, 0.3) is 0 Å². The van der Waals surface area contributed by atoms with Gasteiger partial charge in [-0.05, 0) is 45.6 Å². The predicted octanol–water partition coefficient (Wildman–Crippen LogP) is 1.45. The molecule has 1 N–H and O–H groups in total. The van der Waals surface area contributed by atoms with Crippen LogP contribution in [0, 0.1) is 0 Å². The van der Waals surface area contributed by atoms with Crippen LogP contribution in [0.5, 0.6) is 0 Å². The van der Waals surface area contributed by atoms with Crippen LogP contribution in [-0.2, 0) is 0 Å². The van der Waals surface area contributed by atoms with Crippen molar-refractivity contribution in [2.24, 2.45) is 0 Å². The molecule has 0 bridgehead atoms. The fourth-order valence-electron chi connectivity index (χ4n) is 2.82. The molecule has 0 aromatic carbocycles. The van der Waals surface area contributed by atoms with Crippen LogP contribution < -0.4 is 5.32 Å². The van der Waals surface area contributed by atoms with Gasteiger partial charge in [0.15, 0.2) is 0 Å². The summed E-state index contributed by atoms with van der Waals surface area (Å²) in [7, 11) is 1.99. The largest absolute Gasteiger partial charge is 0.375 e. The molecule has 3 nitrogen and oxygen atoms in total. The first-order valence-corrected chi connectivity index (χ1v) is 6.76. The number of hydrogen-bond acceptors (Lipinski definition) is 3. The van der Waals surface area contributed by atoms with Gasteiger partial charge in [0.1, 0.15) is 0 Å². The second kappa shape index (κ2) is 6.22. The van der Waals surface area contributed by atoms with E-state index in [0.29, 0.717) is 0 Å². The summed E-state index contributed by atoms with van der Waals surface area (Å²) in [4.78, 5) is 5.11. The molecule has 2 aliphatic rings. The Labute approximate surface area is 105 Å². The van der Waals surface area contributed by atoms with Gasteiger partial charge in [-0.1, -0.05) is 11.6 Å². The summed E-state index contributed by atoms with van der Waals surface area (Å²) in [6.07, 6.45) is 9.44. The summed E-state index contributed by atoms with van der Waals surface area (Å²) in [6.45, 7) is 8.11. The zero-order valence-electron chi connectivity index (χ0n) is 11.2. The van der Waals surface area contributed by atoms with Crippen molar-refractivity contribution in [3.05, 3.63) is 23.9 Å². The first-order valence-electron chi connectivity index (χ1n) is 6.76. The average molecular weight is 235 g/mol. The zero-order valence-corrected chi connectivity index (χ0v) is 11.2. The van der Waals surface area contributed by atoms with E-state index in [0.717, 1.165) is 12.6 Å². The number of likely N-dealkylation sites (N-methyl/N-ethyl adjacent to an activating group) is 1. The van der Waals surface area contributed by atoms with Crippen LogP contribution in [0.1, 0.15) is 19.8 Å². The fraction of sp³-hybridized carbons (Fsp3) is 0.714. The molecule has 0 aromatic rings. The highest BCUT2D eigenvalue weighted by Gasteiger charge is 2.28. The van der Waals surface area contributed by atoms with Gasteiger partial charge in [-0.15, -0.1) is 0 Å². The summed E-state index contributed by atoms with van der Waals surface area (Å²) < 4.78 is 0. The molecule has 1 unspecified atom stereocenters. The van der Waals surface area contributed by atoms with Gasteiger partial charge in [0.05, 0.1) is 0 Å². The molecule has 0 radical (unpaired) electrons. The van der Waals surface area contributed by atoms with Crippen LogP contribution >= 0.6 is 0 Å². The van der Waals surface area contributed by atoms with Gasteiger partial charge in [0.2, 0.25) is 0 Å². The van der Waals surface area contributed by atoms with Crippen molar-refractivity contribution >= 4 is 0 Å². The smallest absolute Gasteiger partial charge is 0.0329 e. The fourth-order valence-corrected chi connectivity index (χ4v) is 2.82. The minimum absolute atomic E-state index is 0.816. The van der Waals surface area contributed by atoms with Gasteiger partial charge in [-0.25, -0.2) is 0 Å². The Morgan fingerprint density at radius 3 is 3.06 bits per heavy atom. The Kier molecular flexibility index (Phi) is 4.63. The lowest BCUT2D eigenvalue weighted by Gasteiger charge is -2.36. The Morgan fingerprint density at radius 2 is 2.24 bits per heavy atom. The van der Waals surface area contributed by atoms with Gasteiger partial charge in [-0.3, -0.25) is 4.90 Å². The molecule has 2 heterocycles. The van der Waals surface area contributed by atoms with Crippen molar-refractivity contribution in [3.63, 3.8) is 0 Å². The Bertz CT molecular complexity index is 296. The lowest BCUT2D eigenvalue weighted by Crippen LogP contribution is -2.47. The van der Waals surface area contributed by atoms with Crippen molar-refractivity contribution in [1.29, 1.82) is 0 Å². The Balaban J connectivity index is 1.79.